The van der Waals surface area contributed by atoms with Gasteiger partial charge in [-0.2, -0.15) is 5.10 Å². The third-order valence-electron chi connectivity index (χ3n) is 2.41. The number of rotatable bonds is 6. The number of nitrogens with two attached hydrogens (primary N) is 1. The number of nitrogens with one attached hydrogen (secondary N) is 1. The molecule has 6 heteroatoms. The molecule has 1 aromatic heterocycles. The van der Waals surface area contributed by atoms with E-state index in [1.54, 1.807) is 10.9 Å². The van der Waals surface area contributed by atoms with Crippen LogP contribution < -0.4 is 11.1 Å². The van der Waals surface area contributed by atoms with Gasteiger partial charge in [-0.25, -0.2) is 0 Å². The van der Waals surface area contributed by atoms with Crippen molar-refractivity contribution in [3.63, 3.8) is 0 Å². The van der Waals surface area contributed by atoms with Crippen LogP contribution in [-0.2, 0) is 18.3 Å². The Morgan fingerprint density at radius 1 is 1.65 bits per heavy atom. The van der Waals surface area contributed by atoms with E-state index in [9.17, 15) is 4.79 Å². The summed E-state index contributed by atoms with van der Waals surface area (Å²) in [5, 5.41) is 6.88. The summed E-state index contributed by atoms with van der Waals surface area (Å²) in [5.74, 6) is -0.0641. The normalized spacial score (nSPS) is 11.7. The van der Waals surface area contributed by atoms with Crippen molar-refractivity contribution in [2.24, 2.45) is 12.8 Å². The van der Waals surface area contributed by atoms with Gasteiger partial charge in [0.05, 0.1) is 12.2 Å². The number of aryl methyl sites for hydroxylation is 1. The quantitative estimate of drug-likeness (QED) is 0.788. The molecule has 3 N–H and O–H groups in total. The summed E-state index contributed by atoms with van der Waals surface area (Å²) in [7, 11) is 1.87. The monoisotopic (exact) mass is 260 g/mol. The molecule has 98 valence electrons. The molecule has 1 amide bonds. The topological polar surface area (TPSA) is 72.9 Å². The van der Waals surface area contributed by atoms with E-state index in [0.717, 1.165) is 24.8 Å². The molecule has 0 aromatic carbocycles. The first-order chi connectivity index (χ1) is 7.63. The molecule has 0 radical (unpaired) electrons. The Morgan fingerprint density at radius 3 is 2.88 bits per heavy atom. The van der Waals surface area contributed by atoms with E-state index in [1.807, 2.05) is 20.2 Å². The Labute approximate surface area is 108 Å². The minimum atomic E-state index is -0.376. The van der Waals surface area contributed by atoms with E-state index in [4.69, 9.17) is 5.73 Å². The molecule has 0 saturated heterocycles. The van der Waals surface area contributed by atoms with Crippen LogP contribution in [0.5, 0.6) is 0 Å². The second kappa shape index (κ2) is 8.08. The van der Waals surface area contributed by atoms with E-state index in [-0.39, 0.29) is 24.4 Å². The number of carbonyl (C=O) groups is 1. The van der Waals surface area contributed by atoms with Gasteiger partial charge < -0.3 is 11.1 Å². The lowest BCUT2D eigenvalue weighted by molar-refractivity contribution is -0.122. The van der Waals surface area contributed by atoms with E-state index in [2.05, 4.69) is 10.4 Å². The third-order valence-corrected chi connectivity index (χ3v) is 2.41. The van der Waals surface area contributed by atoms with Crippen molar-refractivity contribution in [3.8, 4) is 0 Å². The van der Waals surface area contributed by atoms with Gasteiger partial charge in [-0.15, -0.1) is 12.4 Å². The molecule has 0 aliphatic rings. The summed E-state index contributed by atoms with van der Waals surface area (Å²) in [6, 6.07) is -0.376. The maximum atomic E-state index is 11.5. The Bertz CT molecular complexity index is 340. The number of amides is 1. The Morgan fingerprint density at radius 2 is 2.35 bits per heavy atom. The average Bonchev–Trinajstić information content (AvgIpc) is 2.64. The van der Waals surface area contributed by atoms with Crippen molar-refractivity contribution >= 4 is 18.3 Å². The largest absolute Gasteiger partial charge is 0.354 e. The highest BCUT2D eigenvalue weighted by Crippen LogP contribution is 1.97. The second-order valence-electron chi connectivity index (χ2n) is 3.96. The van der Waals surface area contributed by atoms with Crippen molar-refractivity contribution in [2.75, 3.05) is 6.54 Å². The molecule has 5 nitrogen and oxygen atoms in total. The van der Waals surface area contributed by atoms with Gasteiger partial charge in [0, 0.05) is 19.8 Å². The first kappa shape index (κ1) is 15.9. The minimum absolute atomic E-state index is 0. The first-order valence-electron chi connectivity index (χ1n) is 5.64. The zero-order valence-electron chi connectivity index (χ0n) is 10.3. The number of aromatic nitrogens is 2. The molecule has 17 heavy (non-hydrogen) atoms. The molecule has 0 fully saturated rings. The van der Waals surface area contributed by atoms with Crippen LogP contribution in [0.25, 0.3) is 0 Å². The molecule has 0 aliphatic carbocycles. The molecule has 1 rings (SSSR count). The predicted octanol–water partition coefficient (Wildman–Crippen LogP) is 0.628. The highest BCUT2D eigenvalue weighted by Gasteiger charge is 2.10. The fraction of sp³-hybridized carbons (Fsp3) is 0.636. The zero-order chi connectivity index (χ0) is 12.0. The Hall–Kier alpha value is -1.07. The molecule has 1 heterocycles. The van der Waals surface area contributed by atoms with Gasteiger partial charge in [0.15, 0.2) is 0 Å². The molecule has 0 spiro atoms. The zero-order valence-corrected chi connectivity index (χ0v) is 11.2. The van der Waals surface area contributed by atoms with E-state index in [0.29, 0.717) is 6.54 Å². The van der Waals surface area contributed by atoms with Gasteiger partial charge in [0.1, 0.15) is 0 Å². The van der Waals surface area contributed by atoms with Crippen LogP contribution in [0.2, 0.25) is 0 Å². The SMILES string of the molecule is CCCC(N)C(=O)NCCc1cnn(C)c1.Cl. The third kappa shape index (κ3) is 5.70. The van der Waals surface area contributed by atoms with Gasteiger partial charge in [-0.3, -0.25) is 9.48 Å². The Kier molecular flexibility index (Phi) is 7.58. The maximum Gasteiger partial charge on any atom is 0.236 e. The van der Waals surface area contributed by atoms with Gasteiger partial charge in [0.2, 0.25) is 5.91 Å². The lowest BCUT2D eigenvalue weighted by Gasteiger charge is -2.10. The first-order valence-corrected chi connectivity index (χ1v) is 5.64. The average molecular weight is 261 g/mol. The maximum absolute atomic E-state index is 11.5. The summed E-state index contributed by atoms with van der Waals surface area (Å²) in [6.07, 6.45) is 6.20. The standard InChI is InChI=1S/C11H20N4O.ClH/c1-3-4-10(12)11(16)13-6-5-9-7-14-15(2)8-9;/h7-8,10H,3-6,12H2,1-2H3,(H,13,16);1H. The van der Waals surface area contributed by atoms with Crippen LogP contribution in [0.3, 0.4) is 0 Å². The summed E-state index contributed by atoms with van der Waals surface area (Å²) in [4.78, 5) is 11.5. The Balaban J connectivity index is 0.00000256. The van der Waals surface area contributed by atoms with Gasteiger partial charge in [0.25, 0.3) is 0 Å². The van der Waals surface area contributed by atoms with E-state index < -0.39 is 0 Å². The molecule has 1 aromatic rings. The van der Waals surface area contributed by atoms with Crippen LogP contribution in [0.1, 0.15) is 25.3 Å². The fourth-order valence-electron chi connectivity index (χ4n) is 1.50. The van der Waals surface area contributed by atoms with E-state index >= 15 is 0 Å². The van der Waals surface area contributed by atoms with Crippen LogP contribution in [0.4, 0.5) is 0 Å². The van der Waals surface area contributed by atoms with Crippen LogP contribution >= 0.6 is 12.4 Å². The number of carbonyl (C=O) groups excluding carboxylic acids is 1. The molecule has 0 bridgehead atoms. The fourth-order valence-corrected chi connectivity index (χ4v) is 1.50. The number of hydrogen-bond donors (Lipinski definition) is 2. The van der Waals surface area contributed by atoms with Crippen molar-refractivity contribution in [2.45, 2.75) is 32.2 Å². The number of nitrogens with zero attached hydrogens (tertiary/aromatic N) is 2. The second-order valence-corrected chi connectivity index (χ2v) is 3.96. The van der Waals surface area contributed by atoms with Crippen LogP contribution in [-0.4, -0.2) is 28.3 Å². The molecule has 1 atom stereocenters. The smallest absolute Gasteiger partial charge is 0.236 e. The van der Waals surface area contributed by atoms with Crippen molar-refractivity contribution in [1.29, 1.82) is 0 Å². The molecular weight excluding hydrogens is 240 g/mol. The lowest BCUT2D eigenvalue weighted by Crippen LogP contribution is -2.41. The summed E-state index contributed by atoms with van der Waals surface area (Å²) >= 11 is 0. The highest BCUT2D eigenvalue weighted by atomic mass is 35.5. The van der Waals surface area contributed by atoms with Gasteiger partial charge >= 0.3 is 0 Å². The van der Waals surface area contributed by atoms with Crippen molar-refractivity contribution in [1.82, 2.24) is 15.1 Å². The van der Waals surface area contributed by atoms with Crippen molar-refractivity contribution in [3.05, 3.63) is 18.0 Å². The summed E-state index contributed by atoms with van der Waals surface area (Å²) in [5.41, 5.74) is 6.80. The van der Waals surface area contributed by atoms with Gasteiger partial charge in [-0.05, 0) is 18.4 Å². The molecule has 0 saturated carbocycles. The number of halogens is 1. The van der Waals surface area contributed by atoms with Crippen molar-refractivity contribution < 1.29 is 4.79 Å². The molecule has 0 aliphatic heterocycles. The van der Waals surface area contributed by atoms with Gasteiger partial charge in [-0.1, -0.05) is 13.3 Å². The van der Waals surface area contributed by atoms with Crippen LogP contribution in [0, 0.1) is 0 Å². The van der Waals surface area contributed by atoms with E-state index in [1.165, 1.54) is 0 Å². The number of hydrogen-bond acceptors (Lipinski definition) is 3. The predicted molar refractivity (Wildman–Crippen MR) is 70.1 cm³/mol. The summed E-state index contributed by atoms with van der Waals surface area (Å²) in [6.45, 7) is 2.63. The summed E-state index contributed by atoms with van der Waals surface area (Å²) < 4.78 is 1.75. The van der Waals surface area contributed by atoms with Crippen LogP contribution in [0.15, 0.2) is 12.4 Å². The minimum Gasteiger partial charge on any atom is -0.354 e. The molecule has 1 unspecified atom stereocenters. The molecular formula is C11H21ClN4O. The lowest BCUT2D eigenvalue weighted by atomic mass is 10.1. The highest BCUT2D eigenvalue weighted by molar-refractivity contribution is 5.85.